The van der Waals surface area contributed by atoms with Gasteiger partial charge in [-0.1, -0.05) is 222 Å². The van der Waals surface area contributed by atoms with Gasteiger partial charge in [0, 0.05) is 0 Å². The van der Waals surface area contributed by atoms with E-state index in [-0.39, 0.29) is 32.5 Å². The summed E-state index contributed by atoms with van der Waals surface area (Å²) in [4.78, 5) is 0. The number of rotatable bonds is 4. The third-order valence-electron chi connectivity index (χ3n) is 11.0. The topological polar surface area (TPSA) is 0 Å². The van der Waals surface area contributed by atoms with Gasteiger partial charge in [0.2, 0.25) is 0 Å². The minimum absolute atomic E-state index is 0.0148. The quantitative estimate of drug-likeness (QED) is 0.174. The van der Waals surface area contributed by atoms with Crippen LogP contribution in [0.2, 0.25) is 0 Å². The Morgan fingerprint density at radius 2 is 0.667 bits per heavy atom. The van der Waals surface area contributed by atoms with Gasteiger partial charge in [-0.25, -0.2) is 0 Å². The zero-order valence-electron chi connectivity index (χ0n) is 37.2. The molecule has 0 saturated carbocycles. The van der Waals surface area contributed by atoms with Crippen molar-refractivity contribution >= 4 is 0 Å². The van der Waals surface area contributed by atoms with Crippen molar-refractivity contribution in [2.45, 2.75) is 157 Å². The molecular weight excluding hydrogens is 649 g/mol. The molecule has 0 saturated heterocycles. The first kappa shape index (κ1) is 41.3. The minimum atomic E-state index is -0.201. The summed E-state index contributed by atoms with van der Waals surface area (Å²) in [6.07, 6.45) is 0. The highest BCUT2D eigenvalue weighted by molar-refractivity contribution is 6.05. The molecule has 0 radical (unpaired) electrons. The van der Waals surface area contributed by atoms with Crippen LogP contribution in [0.15, 0.2) is 97.1 Å². The Morgan fingerprint density at radius 1 is 0.259 bits per heavy atom. The van der Waals surface area contributed by atoms with Crippen LogP contribution in [0, 0.1) is 0 Å². The molecule has 5 aromatic rings. The molecule has 0 aromatic heterocycles. The fraction of sp³-hybridized carbons (Fsp3) is 0.444. The van der Waals surface area contributed by atoms with Crippen LogP contribution in [0.3, 0.4) is 0 Å². The third kappa shape index (κ3) is 8.20. The Kier molecular flexibility index (Phi) is 10.7. The van der Waals surface area contributed by atoms with E-state index in [4.69, 9.17) is 0 Å². The SMILES string of the molecule is CC(C)(C)c1ccc(-c2c(-c3c(C(C)(C)C)cccc3C(C)(C)C)c(-c3ccccc3)c(C(C)(C)C)c(-c3cccc(C(C)(C)C)c3)c2C(C)(C)C)cc1. The van der Waals surface area contributed by atoms with Gasteiger partial charge in [0.1, 0.15) is 0 Å². The monoisotopic (exact) mass is 719 g/mol. The van der Waals surface area contributed by atoms with E-state index in [0.29, 0.717) is 0 Å². The maximum atomic E-state index is 2.49. The van der Waals surface area contributed by atoms with Gasteiger partial charge in [0.05, 0.1) is 0 Å². The number of benzene rings is 5. The molecule has 0 unspecified atom stereocenters. The maximum absolute atomic E-state index is 2.49. The number of hydrogen-bond acceptors (Lipinski definition) is 0. The van der Waals surface area contributed by atoms with Crippen LogP contribution in [-0.2, 0) is 32.5 Å². The van der Waals surface area contributed by atoms with E-state index in [2.05, 4.69) is 222 Å². The highest BCUT2D eigenvalue weighted by Crippen LogP contribution is 2.57. The largest absolute Gasteiger partial charge is 0.0622 e. The summed E-state index contributed by atoms with van der Waals surface area (Å²) in [7, 11) is 0. The fourth-order valence-corrected chi connectivity index (χ4v) is 8.32. The lowest BCUT2D eigenvalue weighted by atomic mass is 9.64. The van der Waals surface area contributed by atoms with Crippen LogP contribution in [0.25, 0.3) is 44.5 Å². The van der Waals surface area contributed by atoms with E-state index >= 15 is 0 Å². The molecular formula is C54H70. The average molecular weight is 719 g/mol. The summed E-state index contributed by atoms with van der Waals surface area (Å²) < 4.78 is 0. The van der Waals surface area contributed by atoms with E-state index in [1.807, 2.05) is 0 Å². The predicted octanol–water partition coefficient (Wildman–Crippen LogP) is 16.1. The fourth-order valence-electron chi connectivity index (χ4n) is 8.32. The first-order valence-corrected chi connectivity index (χ1v) is 20.3. The molecule has 0 amide bonds. The van der Waals surface area contributed by atoms with Crippen molar-refractivity contribution in [1.29, 1.82) is 0 Å². The highest BCUT2D eigenvalue weighted by Gasteiger charge is 2.39. The molecule has 5 aromatic carbocycles. The van der Waals surface area contributed by atoms with Gasteiger partial charge in [-0.15, -0.1) is 0 Å². The second kappa shape index (κ2) is 14.0. The van der Waals surface area contributed by atoms with Crippen LogP contribution in [0.5, 0.6) is 0 Å². The van der Waals surface area contributed by atoms with Crippen molar-refractivity contribution in [3.8, 4) is 44.5 Å². The lowest BCUT2D eigenvalue weighted by Crippen LogP contribution is -2.25. The van der Waals surface area contributed by atoms with Crippen molar-refractivity contribution in [2.24, 2.45) is 0 Å². The Labute approximate surface area is 330 Å². The highest BCUT2D eigenvalue weighted by atomic mass is 14.4. The second-order valence-electron chi connectivity index (χ2n) is 22.0. The van der Waals surface area contributed by atoms with Crippen molar-refractivity contribution < 1.29 is 0 Å². The lowest BCUT2D eigenvalue weighted by Gasteiger charge is -2.40. The van der Waals surface area contributed by atoms with Crippen molar-refractivity contribution in [3.63, 3.8) is 0 Å². The molecule has 0 heteroatoms. The van der Waals surface area contributed by atoms with Gasteiger partial charge >= 0.3 is 0 Å². The molecule has 5 rings (SSSR count). The normalized spacial score (nSPS) is 13.4. The van der Waals surface area contributed by atoms with Gasteiger partial charge in [0.25, 0.3) is 0 Å². The molecule has 0 aliphatic heterocycles. The average Bonchev–Trinajstić information content (AvgIpc) is 3.04. The van der Waals surface area contributed by atoms with Crippen LogP contribution >= 0.6 is 0 Å². The standard InChI is InChI=1S/C54H70/c1-49(2,3)38-32-30-36(31-33-38)43-46(45-40(51(7,8)9)28-23-29-41(45)52(10,11)12)42(35-24-20-19-21-25-35)47(53(13,14)15)44(48(43)54(16,17)18)37-26-22-27-39(34-37)50(4,5)6/h19-34H,1-18H3. The van der Waals surface area contributed by atoms with E-state index in [1.54, 1.807) is 0 Å². The third-order valence-corrected chi connectivity index (χ3v) is 11.0. The molecule has 54 heavy (non-hydrogen) atoms. The Bertz CT molecular complexity index is 2080. The maximum Gasteiger partial charge on any atom is -0.00145 e. The van der Waals surface area contributed by atoms with Crippen LogP contribution in [0.4, 0.5) is 0 Å². The minimum Gasteiger partial charge on any atom is -0.0622 e. The van der Waals surface area contributed by atoms with Gasteiger partial charge in [-0.2, -0.15) is 0 Å². The van der Waals surface area contributed by atoms with Gasteiger partial charge < -0.3 is 0 Å². The molecule has 0 aliphatic carbocycles. The zero-order chi connectivity index (χ0) is 40.4. The Hall–Kier alpha value is -3.90. The van der Waals surface area contributed by atoms with Crippen LogP contribution < -0.4 is 0 Å². The van der Waals surface area contributed by atoms with Gasteiger partial charge in [-0.05, 0) is 110 Å². The Balaban J connectivity index is 2.28. The molecule has 0 heterocycles. The summed E-state index contributed by atoms with van der Waals surface area (Å²) >= 11 is 0. The van der Waals surface area contributed by atoms with Crippen molar-refractivity contribution in [3.05, 3.63) is 130 Å². The van der Waals surface area contributed by atoms with E-state index in [0.717, 1.165) is 0 Å². The van der Waals surface area contributed by atoms with Crippen molar-refractivity contribution in [1.82, 2.24) is 0 Å². The predicted molar refractivity (Wildman–Crippen MR) is 240 cm³/mol. The zero-order valence-corrected chi connectivity index (χ0v) is 37.2. The summed E-state index contributed by atoms with van der Waals surface area (Å²) in [5, 5.41) is 0. The van der Waals surface area contributed by atoms with Crippen LogP contribution in [0.1, 0.15) is 158 Å². The molecule has 0 bridgehead atoms. The van der Waals surface area contributed by atoms with Crippen molar-refractivity contribution in [2.75, 3.05) is 0 Å². The molecule has 0 aliphatic rings. The second-order valence-corrected chi connectivity index (χ2v) is 22.0. The number of hydrogen-bond donors (Lipinski definition) is 0. The molecule has 0 fully saturated rings. The summed E-state index contributed by atoms with van der Waals surface area (Å²) in [6.45, 7) is 42.9. The van der Waals surface area contributed by atoms with Crippen LogP contribution in [-0.4, -0.2) is 0 Å². The Morgan fingerprint density at radius 3 is 1.07 bits per heavy atom. The van der Waals surface area contributed by atoms with Gasteiger partial charge in [0.15, 0.2) is 0 Å². The first-order chi connectivity index (χ1) is 24.6. The summed E-state index contributed by atoms with van der Waals surface area (Å²) in [5.41, 5.74) is 18.5. The van der Waals surface area contributed by atoms with E-state index in [1.165, 1.54) is 77.9 Å². The molecule has 0 spiro atoms. The summed E-state index contributed by atoms with van der Waals surface area (Å²) in [6, 6.07) is 37.5. The molecule has 0 nitrogen and oxygen atoms in total. The lowest BCUT2D eigenvalue weighted by molar-refractivity contribution is 0.569. The van der Waals surface area contributed by atoms with E-state index < -0.39 is 0 Å². The van der Waals surface area contributed by atoms with E-state index in [9.17, 15) is 0 Å². The van der Waals surface area contributed by atoms with Gasteiger partial charge in [-0.3, -0.25) is 0 Å². The molecule has 0 N–H and O–H groups in total. The molecule has 0 atom stereocenters. The molecule has 286 valence electrons. The first-order valence-electron chi connectivity index (χ1n) is 20.3. The summed E-state index contributed by atoms with van der Waals surface area (Å²) in [5.74, 6) is 0. The smallest absolute Gasteiger partial charge is 0.00145 e.